The molecule has 184 valence electrons. The highest BCUT2D eigenvalue weighted by Crippen LogP contribution is 2.26. The van der Waals surface area contributed by atoms with Crippen LogP contribution in [0, 0.1) is 5.92 Å². The summed E-state index contributed by atoms with van der Waals surface area (Å²) in [5, 5.41) is 3.90. The molecule has 8 nitrogen and oxygen atoms in total. The number of likely N-dealkylation sites (tertiary alicyclic amines) is 1. The van der Waals surface area contributed by atoms with Gasteiger partial charge in [0.1, 0.15) is 25.9 Å². The summed E-state index contributed by atoms with van der Waals surface area (Å²) >= 11 is 0. The maximum Gasteiger partial charge on any atom is 0.417 e. The minimum atomic E-state index is -1.13. The van der Waals surface area contributed by atoms with E-state index < -0.39 is 29.9 Å². The number of hydrogen-bond acceptors (Lipinski definition) is 7. The molecule has 8 heteroatoms. The van der Waals surface area contributed by atoms with Gasteiger partial charge in [-0.1, -0.05) is 96.2 Å². The Balaban J connectivity index is 1.42. The standard InChI is InChI=1S/C28H26N2O6/c31-26-24(17-29-36-20-23-14-8-3-9-15-23)16-25(27(32)34-18-21-10-4-1-5-11-21)30(26)28(33)35-19-22-12-6-2-7-13-22/h1-15,17,24-25H,16,18-20H2/b29-17+/t24-,25-/m0/s1. The summed E-state index contributed by atoms with van der Waals surface area (Å²) in [7, 11) is 0. The van der Waals surface area contributed by atoms with E-state index in [9.17, 15) is 14.4 Å². The number of benzene rings is 3. The lowest BCUT2D eigenvalue weighted by molar-refractivity contribution is -0.152. The molecule has 1 aliphatic heterocycles. The van der Waals surface area contributed by atoms with E-state index in [-0.39, 0.29) is 26.2 Å². The fourth-order valence-corrected chi connectivity index (χ4v) is 3.74. The first-order valence-electron chi connectivity index (χ1n) is 11.6. The Morgan fingerprint density at radius 1 is 0.778 bits per heavy atom. The van der Waals surface area contributed by atoms with Crippen LogP contribution in [0.3, 0.4) is 0 Å². The number of carbonyl (C=O) groups excluding carboxylic acids is 3. The highest BCUT2D eigenvalue weighted by Gasteiger charge is 2.48. The average molecular weight is 487 g/mol. The SMILES string of the molecule is O=C(OCc1ccccc1)[C@@H]1C[C@@H](/C=N/OCc2ccccc2)C(=O)N1C(=O)OCc1ccccc1. The predicted molar refractivity (Wildman–Crippen MR) is 131 cm³/mol. The average Bonchev–Trinajstić information content (AvgIpc) is 3.26. The number of hydrogen-bond donors (Lipinski definition) is 0. The van der Waals surface area contributed by atoms with E-state index in [4.69, 9.17) is 14.3 Å². The second-order valence-corrected chi connectivity index (χ2v) is 8.21. The van der Waals surface area contributed by atoms with Crippen molar-refractivity contribution >= 4 is 24.2 Å². The smallest absolute Gasteiger partial charge is 0.417 e. The molecule has 1 aliphatic rings. The van der Waals surface area contributed by atoms with Crippen molar-refractivity contribution in [2.45, 2.75) is 32.3 Å². The van der Waals surface area contributed by atoms with Gasteiger partial charge in [-0.2, -0.15) is 0 Å². The van der Waals surface area contributed by atoms with Crippen molar-refractivity contribution in [2.24, 2.45) is 11.1 Å². The topological polar surface area (TPSA) is 94.5 Å². The van der Waals surface area contributed by atoms with Gasteiger partial charge in [-0.05, 0) is 23.1 Å². The molecule has 1 saturated heterocycles. The summed E-state index contributed by atoms with van der Waals surface area (Å²) in [6, 6.07) is 26.5. The first-order chi connectivity index (χ1) is 17.6. The fraction of sp³-hybridized carbons (Fsp3) is 0.214. The van der Waals surface area contributed by atoms with Crippen molar-refractivity contribution in [1.82, 2.24) is 4.90 Å². The Hall–Kier alpha value is -4.46. The Bertz CT molecular complexity index is 1180. The van der Waals surface area contributed by atoms with Crippen LogP contribution in [0.15, 0.2) is 96.2 Å². The number of oxime groups is 1. The van der Waals surface area contributed by atoms with Crippen LogP contribution in [0.2, 0.25) is 0 Å². The van der Waals surface area contributed by atoms with Crippen LogP contribution in [0.1, 0.15) is 23.1 Å². The summed E-state index contributed by atoms with van der Waals surface area (Å²) in [5.41, 5.74) is 2.47. The number of nitrogens with zero attached hydrogens (tertiary/aromatic N) is 2. The summed E-state index contributed by atoms with van der Waals surface area (Å²) in [6.45, 7) is 0.216. The van der Waals surface area contributed by atoms with Crippen molar-refractivity contribution in [3.8, 4) is 0 Å². The van der Waals surface area contributed by atoms with E-state index in [1.54, 1.807) is 12.1 Å². The largest absolute Gasteiger partial charge is 0.459 e. The Morgan fingerprint density at radius 2 is 1.28 bits per heavy atom. The zero-order chi connectivity index (χ0) is 25.2. The minimum absolute atomic E-state index is 0.0189. The van der Waals surface area contributed by atoms with Crippen LogP contribution in [-0.2, 0) is 43.7 Å². The molecule has 0 spiro atoms. The van der Waals surface area contributed by atoms with Gasteiger partial charge in [0, 0.05) is 0 Å². The lowest BCUT2D eigenvalue weighted by atomic mass is 10.1. The maximum absolute atomic E-state index is 13.1. The molecular formula is C28H26N2O6. The first kappa shape index (κ1) is 24.7. The number of amides is 2. The molecule has 4 rings (SSSR count). The van der Waals surface area contributed by atoms with Crippen LogP contribution in [-0.4, -0.2) is 35.1 Å². The molecule has 0 saturated carbocycles. The van der Waals surface area contributed by atoms with Crippen LogP contribution in [0.25, 0.3) is 0 Å². The Labute approximate surface area is 209 Å². The van der Waals surface area contributed by atoms with Gasteiger partial charge in [0.05, 0.1) is 12.1 Å². The summed E-state index contributed by atoms with van der Waals surface area (Å²) in [5.74, 6) is -2.12. The molecule has 0 aliphatic carbocycles. The molecule has 0 aromatic heterocycles. The van der Waals surface area contributed by atoms with E-state index in [2.05, 4.69) is 5.16 Å². The molecule has 0 N–H and O–H groups in total. The van der Waals surface area contributed by atoms with Crippen LogP contribution < -0.4 is 0 Å². The summed E-state index contributed by atoms with van der Waals surface area (Å²) < 4.78 is 10.8. The Morgan fingerprint density at radius 3 is 1.83 bits per heavy atom. The van der Waals surface area contributed by atoms with E-state index in [1.807, 2.05) is 78.9 Å². The second-order valence-electron chi connectivity index (χ2n) is 8.21. The van der Waals surface area contributed by atoms with Gasteiger partial charge in [-0.3, -0.25) is 4.79 Å². The Kier molecular flexibility index (Phi) is 8.43. The van der Waals surface area contributed by atoms with E-state index in [0.717, 1.165) is 21.6 Å². The van der Waals surface area contributed by atoms with E-state index in [1.165, 1.54) is 6.21 Å². The number of imide groups is 1. The van der Waals surface area contributed by atoms with Crippen molar-refractivity contribution in [3.63, 3.8) is 0 Å². The summed E-state index contributed by atoms with van der Waals surface area (Å²) in [4.78, 5) is 45.0. The molecule has 0 unspecified atom stereocenters. The lowest BCUT2D eigenvalue weighted by Gasteiger charge is -2.21. The number of rotatable bonds is 9. The van der Waals surface area contributed by atoms with Crippen molar-refractivity contribution in [3.05, 3.63) is 108 Å². The van der Waals surface area contributed by atoms with Gasteiger partial charge in [0.15, 0.2) is 0 Å². The third-order valence-corrected chi connectivity index (χ3v) is 5.63. The van der Waals surface area contributed by atoms with Crippen molar-refractivity contribution in [2.75, 3.05) is 0 Å². The third kappa shape index (κ3) is 6.56. The lowest BCUT2D eigenvalue weighted by Crippen LogP contribution is -2.44. The van der Waals surface area contributed by atoms with Gasteiger partial charge in [0.2, 0.25) is 5.91 Å². The zero-order valence-corrected chi connectivity index (χ0v) is 19.6. The number of esters is 1. The molecular weight excluding hydrogens is 460 g/mol. The van der Waals surface area contributed by atoms with Crippen LogP contribution in [0.4, 0.5) is 4.79 Å². The van der Waals surface area contributed by atoms with Crippen molar-refractivity contribution < 1.29 is 28.7 Å². The fourth-order valence-electron chi connectivity index (χ4n) is 3.74. The first-order valence-corrected chi connectivity index (χ1v) is 11.6. The molecule has 0 radical (unpaired) electrons. The molecule has 2 atom stereocenters. The molecule has 3 aromatic carbocycles. The van der Waals surface area contributed by atoms with E-state index in [0.29, 0.717) is 0 Å². The zero-order valence-electron chi connectivity index (χ0n) is 19.6. The minimum Gasteiger partial charge on any atom is -0.459 e. The number of carbonyl (C=O) groups is 3. The van der Waals surface area contributed by atoms with Crippen molar-refractivity contribution in [1.29, 1.82) is 0 Å². The molecule has 2 amide bonds. The van der Waals surface area contributed by atoms with Gasteiger partial charge < -0.3 is 14.3 Å². The van der Waals surface area contributed by atoms with Crippen LogP contribution >= 0.6 is 0 Å². The van der Waals surface area contributed by atoms with E-state index >= 15 is 0 Å². The second kappa shape index (κ2) is 12.3. The van der Waals surface area contributed by atoms with Gasteiger partial charge in [0.25, 0.3) is 0 Å². The molecule has 3 aromatic rings. The normalized spacial score (nSPS) is 17.2. The highest BCUT2D eigenvalue weighted by atomic mass is 16.6. The van der Waals surface area contributed by atoms with Gasteiger partial charge in [-0.25, -0.2) is 14.5 Å². The summed E-state index contributed by atoms with van der Waals surface area (Å²) in [6.07, 6.45) is 0.421. The molecule has 1 heterocycles. The molecule has 1 fully saturated rings. The quantitative estimate of drug-likeness (QED) is 0.251. The monoisotopic (exact) mass is 486 g/mol. The molecule has 0 bridgehead atoms. The maximum atomic E-state index is 13.1. The van der Waals surface area contributed by atoms with Crippen LogP contribution in [0.5, 0.6) is 0 Å². The van der Waals surface area contributed by atoms with Gasteiger partial charge >= 0.3 is 12.1 Å². The number of ether oxygens (including phenoxy) is 2. The highest BCUT2D eigenvalue weighted by molar-refractivity contribution is 6.06. The third-order valence-electron chi connectivity index (χ3n) is 5.63. The molecule has 36 heavy (non-hydrogen) atoms. The van der Waals surface area contributed by atoms with Gasteiger partial charge in [-0.15, -0.1) is 0 Å². The predicted octanol–water partition coefficient (Wildman–Crippen LogP) is 4.49.